The van der Waals surface area contributed by atoms with Crippen LogP contribution in [0, 0.1) is 0 Å². The van der Waals surface area contributed by atoms with Crippen molar-refractivity contribution < 1.29 is 32.5 Å². The fourth-order valence-electron chi connectivity index (χ4n) is 4.16. The number of likely N-dealkylation sites (N-methyl/N-ethyl adjacent to an activating group) is 1. The summed E-state index contributed by atoms with van der Waals surface area (Å²) in [7, 11) is 1.33. The van der Waals surface area contributed by atoms with Crippen LogP contribution in [0.5, 0.6) is 0 Å². The van der Waals surface area contributed by atoms with Gasteiger partial charge in [-0.3, -0.25) is 4.57 Å². The molecule has 0 radical (unpaired) electrons. The van der Waals surface area contributed by atoms with Gasteiger partial charge in [-0.15, -0.1) is 0 Å². The molecule has 0 aromatic heterocycles. The number of hydrogen-bond acceptors (Lipinski definition) is 6. The third-order valence-electron chi connectivity index (χ3n) is 6.56. The predicted molar refractivity (Wildman–Crippen MR) is 159 cm³/mol. The quantitative estimate of drug-likeness (QED) is 0.0653. The molecular weight excluding hydrogens is 517 g/mol. The second kappa shape index (κ2) is 25.0. The van der Waals surface area contributed by atoms with Crippen LogP contribution in [-0.2, 0) is 18.3 Å². The molecule has 0 aliphatic rings. The number of amides is 2. The van der Waals surface area contributed by atoms with Crippen LogP contribution >= 0.6 is 7.82 Å². The van der Waals surface area contributed by atoms with E-state index in [-0.39, 0.29) is 25.8 Å². The minimum Gasteiger partial charge on any atom is -0.756 e. The molecule has 0 saturated heterocycles. The van der Waals surface area contributed by atoms with Crippen molar-refractivity contribution in [1.82, 2.24) is 10.6 Å². The molecule has 0 aliphatic carbocycles. The molecule has 10 heteroatoms. The molecule has 9 nitrogen and oxygen atoms in total. The summed E-state index contributed by atoms with van der Waals surface area (Å²) >= 11 is 0. The second-order valence-electron chi connectivity index (χ2n) is 11.6. The first-order valence-electron chi connectivity index (χ1n) is 15.6. The smallest absolute Gasteiger partial charge is 0.314 e. The van der Waals surface area contributed by atoms with Crippen LogP contribution in [0.2, 0.25) is 0 Å². The topological polar surface area (TPSA) is 109 Å². The lowest BCUT2D eigenvalue weighted by molar-refractivity contribution is -0.870. The standard InChI is InChI=1S/C29H62N3O6P/c1-6-8-9-10-11-12-13-14-15-16-17-18-19-20-21-22-24-36-27-28(26-31-29(33)30-7-2)38-39(34,35)37-25-23-32(3,4)5/h28H,6-27H2,1-5H3,(H2-,30,31,33,34,35). The Balaban J connectivity index is 3.94. The zero-order chi connectivity index (χ0) is 29.2. The first-order chi connectivity index (χ1) is 18.6. The predicted octanol–water partition coefficient (Wildman–Crippen LogP) is 6.16. The summed E-state index contributed by atoms with van der Waals surface area (Å²) in [5.41, 5.74) is 0. The Labute approximate surface area is 240 Å². The Kier molecular flexibility index (Phi) is 24.6. The molecule has 2 amide bonds. The Morgan fingerprint density at radius 3 is 1.72 bits per heavy atom. The number of carbonyl (C=O) groups excluding carboxylic acids is 1. The number of hydrogen-bond donors (Lipinski definition) is 2. The highest BCUT2D eigenvalue weighted by molar-refractivity contribution is 7.45. The molecule has 0 saturated carbocycles. The minimum atomic E-state index is -4.52. The van der Waals surface area contributed by atoms with Crippen molar-refractivity contribution >= 4 is 13.9 Å². The fourth-order valence-corrected chi connectivity index (χ4v) is 5.03. The molecular formula is C29H62N3O6P. The highest BCUT2D eigenvalue weighted by Crippen LogP contribution is 2.39. The number of rotatable bonds is 28. The van der Waals surface area contributed by atoms with Crippen molar-refractivity contribution in [3.8, 4) is 0 Å². The summed E-state index contributed by atoms with van der Waals surface area (Å²) in [6, 6.07) is -0.379. The van der Waals surface area contributed by atoms with E-state index in [1.54, 1.807) is 0 Å². The van der Waals surface area contributed by atoms with E-state index in [1.165, 1.54) is 89.9 Å². The molecule has 0 aromatic carbocycles. The van der Waals surface area contributed by atoms with Crippen LogP contribution < -0.4 is 15.5 Å². The Hall–Kier alpha value is -0.700. The van der Waals surface area contributed by atoms with Gasteiger partial charge in [-0.2, -0.15) is 0 Å². The summed E-state index contributed by atoms with van der Waals surface area (Å²) in [4.78, 5) is 24.0. The van der Waals surface area contributed by atoms with E-state index in [1.807, 2.05) is 28.1 Å². The minimum absolute atomic E-state index is 0.00964. The van der Waals surface area contributed by atoms with Gasteiger partial charge in [-0.05, 0) is 13.3 Å². The third kappa shape index (κ3) is 28.6. The summed E-state index contributed by atoms with van der Waals surface area (Å²) < 4.78 is 28.8. The number of ether oxygens (including phenoxy) is 1. The fraction of sp³-hybridized carbons (Fsp3) is 0.966. The average Bonchev–Trinajstić information content (AvgIpc) is 2.85. The lowest BCUT2D eigenvalue weighted by Gasteiger charge is -2.30. The number of phosphoric ester groups is 1. The van der Waals surface area contributed by atoms with Crippen molar-refractivity contribution in [2.24, 2.45) is 0 Å². The van der Waals surface area contributed by atoms with Crippen molar-refractivity contribution in [1.29, 1.82) is 0 Å². The van der Waals surface area contributed by atoms with Crippen LogP contribution in [0.15, 0.2) is 0 Å². The summed E-state index contributed by atoms with van der Waals surface area (Å²) in [6.45, 7) is 5.71. The number of urea groups is 1. The third-order valence-corrected chi connectivity index (χ3v) is 7.62. The molecule has 2 unspecified atom stereocenters. The number of carbonyl (C=O) groups is 1. The number of nitrogens with zero attached hydrogens (tertiary/aromatic N) is 1. The van der Waals surface area contributed by atoms with Gasteiger partial charge in [0.05, 0.1) is 27.7 Å². The first kappa shape index (κ1) is 38.3. The molecule has 0 aliphatic heterocycles. The van der Waals surface area contributed by atoms with Gasteiger partial charge < -0.3 is 33.8 Å². The molecule has 2 atom stereocenters. The maximum atomic E-state index is 12.3. The zero-order valence-corrected chi connectivity index (χ0v) is 26.9. The van der Waals surface area contributed by atoms with E-state index in [9.17, 15) is 14.3 Å². The zero-order valence-electron chi connectivity index (χ0n) is 26.0. The van der Waals surface area contributed by atoms with Crippen LogP contribution in [0.4, 0.5) is 4.79 Å². The van der Waals surface area contributed by atoms with Crippen molar-refractivity contribution in [3.05, 3.63) is 0 Å². The normalized spacial score (nSPS) is 14.2. The Bertz CT molecular complexity index is 618. The van der Waals surface area contributed by atoms with Gasteiger partial charge >= 0.3 is 6.03 Å². The SMILES string of the molecule is CCCCCCCCCCCCCCCCCCOCC(CNC(=O)NCC)OP(=O)([O-])OCC[N+](C)(C)C. The highest BCUT2D eigenvalue weighted by atomic mass is 31.2. The van der Waals surface area contributed by atoms with Gasteiger partial charge in [0.15, 0.2) is 0 Å². The van der Waals surface area contributed by atoms with E-state index in [0.717, 1.165) is 12.8 Å². The summed E-state index contributed by atoms with van der Waals surface area (Å²) in [6.07, 6.45) is 20.1. The number of nitrogens with one attached hydrogen (secondary N) is 2. The molecule has 0 rings (SSSR count). The van der Waals surface area contributed by atoms with Crippen LogP contribution in [0.25, 0.3) is 0 Å². The molecule has 0 aromatic rings. The van der Waals surface area contributed by atoms with Gasteiger partial charge in [0, 0.05) is 19.7 Å². The lowest BCUT2D eigenvalue weighted by Crippen LogP contribution is -2.42. The second-order valence-corrected chi connectivity index (χ2v) is 13.0. The number of quaternary nitrogens is 1. The van der Waals surface area contributed by atoms with Crippen LogP contribution in [-0.4, -0.2) is 77.2 Å². The highest BCUT2D eigenvalue weighted by Gasteiger charge is 2.20. The molecule has 0 heterocycles. The molecule has 2 N–H and O–H groups in total. The average molecular weight is 580 g/mol. The summed E-state index contributed by atoms with van der Waals surface area (Å²) in [5.74, 6) is 0. The molecule has 0 fully saturated rings. The van der Waals surface area contributed by atoms with Crippen molar-refractivity contribution in [2.75, 3.05) is 60.6 Å². The molecule has 0 spiro atoms. The van der Waals surface area contributed by atoms with Crippen LogP contribution in [0.1, 0.15) is 117 Å². The van der Waals surface area contributed by atoms with E-state index in [2.05, 4.69) is 17.6 Å². The van der Waals surface area contributed by atoms with Crippen molar-refractivity contribution in [2.45, 2.75) is 123 Å². The monoisotopic (exact) mass is 579 g/mol. The maximum Gasteiger partial charge on any atom is 0.314 e. The maximum absolute atomic E-state index is 12.3. The molecule has 0 bridgehead atoms. The lowest BCUT2D eigenvalue weighted by atomic mass is 10.0. The van der Waals surface area contributed by atoms with Gasteiger partial charge in [-0.1, -0.05) is 103 Å². The number of unbranched alkanes of at least 4 members (excludes halogenated alkanes) is 15. The van der Waals surface area contributed by atoms with E-state index in [0.29, 0.717) is 24.2 Å². The van der Waals surface area contributed by atoms with E-state index >= 15 is 0 Å². The van der Waals surface area contributed by atoms with Gasteiger partial charge in [0.1, 0.15) is 19.3 Å². The Morgan fingerprint density at radius 2 is 1.26 bits per heavy atom. The largest absolute Gasteiger partial charge is 0.756 e. The summed E-state index contributed by atoms with van der Waals surface area (Å²) in [5, 5.41) is 5.24. The van der Waals surface area contributed by atoms with Gasteiger partial charge in [0.25, 0.3) is 7.82 Å². The van der Waals surface area contributed by atoms with E-state index < -0.39 is 13.9 Å². The molecule has 234 valence electrons. The van der Waals surface area contributed by atoms with Crippen molar-refractivity contribution in [3.63, 3.8) is 0 Å². The Morgan fingerprint density at radius 1 is 0.769 bits per heavy atom. The first-order valence-corrected chi connectivity index (χ1v) is 17.1. The van der Waals surface area contributed by atoms with Gasteiger partial charge in [0.2, 0.25) is 0 Å². The molecule has 39 heavy (non-hydrogen) atoms. The van der Waals surface area contributed by atoms with Gasteiger partial charge in [-0.25, -0.2) is 4.79 Å². The van der Waals surface area contributed by atoms with E-state index in [4.69, 9.17) is 13.8 Å². The van der Waals surface area contributed by atoms with Crippen LogP contribution in [0.3, 0.4) is 0 Å². The number of phosphoric acid groups is 1.